The maximum atomic E-state index is 5.32. The summed E-state index contributed by atoms with van der Waals surface area (Å²) in [6.07, 6.45) is 0.976. The topological polar surface area (TPSA) is 42.5 Å². The van der Waals surface area contributed by atoms with Crippen molar-refractivity contribution in [2.75, 3.05) is 19.5 Å². The van der Waals surface area contributed by atoms with Gasteiger partial charge in [-0.25, -0.2) is 0 Å². The van der Waals surface area contributed by atoms with Crippen molar-refractivity contribution in [2.45, 2.75) is 32.7 Å². The Morgan fingerprint density at radius 3 is 2.47 bits per heavy atom. The Hall–Kier alpha value is -1.49. The lowest BCUT2D eigenvalue weighted by atomic mass is 10.0. The minimum Gasteiger partial charge on any atom is -0.497 e. The molecule has 0 radical (unpaired) electrons. The lowest BCUT2D eigenvalue weighted by molar-refractivity contribution is 0.404. The second-order valence-electron chi connectivity index (χ2n) is 4.88. The molecular formula is C14H22N2O2S. The summed E-state index contributed by atoms with van der Waals surface area (Å²) in [5, 5.41) is 6.98. The van der Waals surface area contributed by atoms with Gasteiger partial charge in [0.15, 0.2) is 5.11 Å². The predicted octanol–water partition coefficient (Wildman–Crippen LogP) is 3.18. The van der Waals surface area contributed by atoms with Gasteiger partial charge in [-0.1, -0.05) is 6.92 Å². The van der Waals surface area contributed by atoms with Gasteiger partial charge in [-0.15, -0.1) is 0 Å². The highest BCUT2D eigenvalue weighted by atomic mass is 32.1. The molecule has 0 spiro atoms. The Labute approximate surface area is 120 Å². The van der Waals surface area contributed by atoms with E-state index in [2.05, 4.69) is 31.4 Å². The van der Waals surface area contributed by atoms with Crippen molar-refractivity contribution < 1.29 is 9.47 Å². The number of hydrogen-bond acceptors (Lipinski definition) is 3. The van der Waals surface area contributed by atoms with E-state index in [9.17, 15) is 0 Å². The molecule has 1 aromatic rings. The molecule has 0 atom stereocenters. The van der Waals surface area contributed by atoms with Crippen LogP contribution in [0, 0.1) is 0 Å². The van der Waals surface area contributed by atoms with Crippen LogP contribution in [0.25, 0.3) is 0 Å². The van der Waals surface area contributed by atoms with E-state index < -0.39 is 0 Å². The number of nitrogens with one attached hydrogen (secondary N) is 2. The van der Waals surface area contributed by atoms with Gasteiger partial charge in [-0.3, -0.25) is 0 Å². The largest absolute Gasteiger partial charge is 0.497 e. The molecule has 19 heavy (non-hydrogen) atoms. The Balaban J connectivity index is 2.83. The fourth-order valence-electron chi connectivity index (χ4n) is 1.46. The molecule has 1 rings (SSSR count). The van der Waals surface area contributed by atoms with Crippen LogP contribution >= 0.6 is 12.2 Å². The van der Waals surface area contributed by atoms with Crippen LogP contribution in [0.2, 0.25) is 0 Å². The fourth-order valence-corrected chi connectivity index (χ4v) is 1.85. The molecule has 0 fully saturated rings. The van der Waals surface area contributed by atoms with Crippen LogP contribution < -0.4 is 20.1 Å². The maximum absolute atomic E-state index is 5.32. The second-order valence-corrected chi connectivity index (χ2v) is 5.29. The minimum absolute atomic E-state index is 0.0455. The zero-order valence-corrected chi connectivity index (χ0v) is 13.0. The maximum Gasteiger partial charge on any atom is 0.171 e. The summed E-state index contributed by atoms with van der Waals surface area (Å²) < 4.78 is 10.5. The van der Waals surface area contributed by atoms with Gasteiger partial charge >= 0.3 is 0 Å². The first-order valence-electron chi connectivity index (χ1n) is 6.23. The molecule has 0 aromatic heterocycles. The highest BCUT2D eigenvalue weighted by molar-refractivity contribution is 7.80. The van der Waals surface area contributed by atoms with E-state index >= 15 is 0 Å². The van der Waals surface area contributed by atoms with Crippen LogP contribution in [0.15, 0.2) is 18.2 Å². The van der Waals surface area contributed by atoms with Crippen LogP contribution in [0.3, 0.4) is 0 Å². The van der Waals surface area contributed by atoms with E-state index in [1.54, 1.807) is 14.2 Å². The summed E-state index contributed by atoms with van der Waals surface area (Å²) in [5.41, 5.74) is 0.738. The molecule has 0 unspecified atom stereocenters. The monoisotopic (exact) mass is 282 g/mol. The SMILES string of the molecule is CCC(C)(C)NC(=S)Nc1cc(OC)ccc1OC. The second kappa shape index (κ2) is 6.61. The number of anilines is 1. The Bertz CT molecular complexity index is 447. The Morgan fingerprint density at radius 2 is 1.95 bits per heavy atom. The lowest BCUT2D eigenvalue weighted by Crippen LogP contribution is -2.44. The number of rotatable bonds is 5. The van der Waals surface area contributed by atoms with E-state index in [4.69, 9.17) is 21.7 Å². The molecule has 0 amide bonds. The quantitative estimate of drug-likeness (QED) is 0.812. The van der Waals surface area contributed by atoms with Crippen molar-refractivity contribution in [1.29, 1.82) is 0 Å². The third-order valence-corrected chi connectivity index (χ3v) is 3.19. The first kappa shape index (κ1) is 15.6. The third kappa shape index (κ3) is 4.59. The van der Waals surface area contributed by atoms with Crippen molar-refractivity contribution in [2.24, 2.45) is 0 Å². The van der Waals surface area contributed by atoms with Crippen LogP contribution in [0.1, 0.15) is 27.2 Å². The van der Waals surface area contributed by atoms with Crippen LogP contribution in [-0.4, -0.2) is 24.9 Å². The summed E-state index contributed by atoms with van der Waals surface area (Å²) in [7, 11) is 3.25. The van der Waals surface area contributed by atoms with Crippen molar-refractivity contribution in [3.05, 3.63) is 18.2 Å². The number of methoxy groups -OCH3 is 2. The first-order valence-corrected chi connectivity index (χ1v) is 6.64. The van der Waals surface area contributed by atoms with Crippen molar-refractivity contribution in [1.82, 2.24) is 5.32 Å². The average molecular weight is 282 g/mol. The zero-order chi connectivity index (χ0) is 14.5. The van der Waals surface area contributed by atoms with Crippen LogP contribution in [0.4, 0.5) is 5.69 Å². The molecule has 0 heterocycles. The van der Waals surface area contributed by atoms with Gasteiger partial charge < -0.3 is 20.1 Å². The molecular weight excluding hydrogens is 260 g/mol. The minimum atomic E-state index is -0.0455. The van der Waals surface area contributed by atoms with Gasteiger partial charge in [0.05, 0.1) is 19.9 Å². The summed E-state index contributed by atoms with van der Waals surface area (Å²) >= 11 is 5.32. The summed E-state index contributed by atoms with van der Waals surface area (Å²) in [4.78, 5) is 0. The molecule has 0 bridgehead atoms. The Kier molecular flexibility index (Phi) is 5.42. The van der Waals surface area contributed by atoms with Gasteiger partial charge in [0, 0.05) is 11.6 Å². The van der Waals surface area contributed by atoms with Crippen molar-refractivity contribution >= 4 is 23.0 Å². The lowest BCUT2D eigenvalue weighted by Gasteiger charge is -2.26. The molecule has 0 saturated heterocycles. The van der Waals surface area contributed by atoms with Crippen molar-refractivity contribution in [3.8, 4) is 11.5 Å². The number of ether oxygens (including phenoxy) is 2. The molecule has 2 N–H and O–H groups in total. The van der Waals surface area contributed by atoms with Crippen molar-refractivity contribution in [3.63, 3.8) is 0 Å². The number of thiocarbonyl (C=S) groups is 1. The van der Waals surface area contributed by atoms with Gasteiger partial charge in [0.25, 0.3) is 0 Å². The molecule has 0 aliphatic heterocycles. The fraction of sp³-hybridized carbons (Fsp3) is 0.500. The molecule has 0 aliphatic rings. The Morgan fingerprint density at radius 1 is 1.26 bits per heavy atom. The predicted molar refractivity (Wildman–Crippen MR) is 83.3 cm³/mol. The highest BCUT2D eigenvalue weighted by Crippen LogP contribution is 2.28. The highest BCUT2D eigenvalue weighted by Gasteiger charge is 2.16. The smallest absolute Gasteiger partial charge is 0.171 e. The van der Waals surface area contributed by atoms with E-state index in [0.29, 0.717) is 5.11 Å². The normalized spacial score (nSPS) is 10.8. The number of hydrogen-bond donors (Lipinski definition) is 2. The van der Waals surface area contributed by atoms with Crippen LogP contribution in [-0.2, 0) is 0 Å². The van der Waals surface area contributed by atoms with E-state index in [0.717, 1.165) is 23.6 Å². The summed E-state index contributed by atoms with van der Waals surface area (Å²) in [6.45, 7) is 6.31. The molecule has 0 saturated carbocycles. The number of benzene rings is 1. The average Bonchev–Trinajstić information content (AvgIpc) is 2.37. The van der Waals surface area contributed by atoms with E-state index in [1.807, 2.05) is 18.2 Å². The van der Waals surface area contributed by atoms with E-state index in [-0.39, 0.29) is 5.54 Å². The summed E-state index contributed by atoms with van der Waals surface area (Å²) in [5.74, 6) is 1.47. The first-order chi connectivity index (χ1) is 8.91. The standard InChI is InChI=1S/C14H22N2O2S/c1-6-14(2,3)16-13(19)15-11-9-10(17-4)7-8-12(11)18-5/h7-9H,6H2,1-5H3,(H2,15,16,19). The third-order valence-electron chi connectivity index (χ3n) is 2.99. The van der Waals surface area contributed by atoms with Gasteiger partial charge in [-0.05, 0) is 44.6 Å². The van der Waals surface area contributed by atoms with Gasteiger partial charge in [-0.2, -0.15) is 0 Å². The zero-order valence-electron chi connectivity index (χ0n) is 12.2. The molecule has 106 valence electrons. The van der Waals surface area contributed by atoms with Crippen LogP contribution in [0.5, 0.6) is 11.5 Å². The van der Waals surface area contributed by atoms with Gasteiger partial charge in [0.2, 0.25) is 0 Å². The van der Waals surface area contributed by atoms with E-state index in [1.165, 1.54) is 0 Å². The molecule has 0 aliphatic carbocycles. The molecule has 5 heteroatoms. The van der Waals surface area contributed by atoms with Gasteiger partial charge in [0.1, 0.15) is 11.5 Å². The molecule has 4 nitrogen and oxygen atoms in total. The summed E-state index contributed by atoms with van der Waals surface area (Å²) in [6, 6.07) is 5.54. The molecule has 1 aromatic carbocycles.